The molecule has 0 saturated carbocycles. The predicted molar refractivity (Wildman–Crippen MR) is 82.1 cm³/mol. The summed E-state index contributed by atoms with van der Waals surface area (Å²) in [7, 11) is 0. The fourth-order valence-corrected chi connectivity index (χ4v) is 2.67. The molecule has 0 radical (unpaired) electrons. The van der Waals surface area contributed by atoms with Crippen molar-refractivity contribution in [1.82, 2.24) is 4.90 Å². The van der Waals surface area contributed by atoms with Gasteiger partial charge < -0.3 is 5.73 Å². The monoisotopic (exact) mass is 299 g/mol. The standard InChI is InChI=1S/C14H21N3O2.ClH/c1-10-8-16(7-6-13(10)15)9-12-4-3-5-14(11(12)2)17(18)19;/h3-5,10,13H,6-9,15H2,1-2H3;1H. The first-order chi connectivity index (χ1) is 8.99. The van der Waals surface area contributed by atoms with E-state index < -0.39 is 0 Å². The Balaban J connectivity index is 0.00000200. The SMILES string of the molecule is Cc1c(CN2CCC(N)C(C)C2)cccc1[N+](=O)[O-].Cl. The van der Waals surface area contributed by atoms with Gasteiger partial charge in [-0.1, -0.05) is 19.1 Å². The Morgan fingerprint density at radius 1 is 1.50 bits per heavy atom. The maximum Gasteiger partial charge on any atom is 0.272 e. The van der Waals surface area contributed by atoms with Crippen molar-refractivity contribution in [3.8, 4) is 0 Å². The van der Waals surface area contributed by atoms with E-state index in [4.69, 9.17) is 5.73 Å². The molecular formula is C14H22ClN3O2. The van der Waals surface area contributed by atoms with Crippen molar-refractivity contribution in [2.75, 3.05) is 13.1 Å². The predicted octanol–water partition coefficient (Wildman–Crippen LogP) is 2.49. The summed E-state index contributed by atoms with van der Waals surface area (Å²) < 4.78 is 0. The highest BCUT2D eigenvalue weighted by atomic mass is 35.5. The first-order valence-electron chi connectivity index (χ1n) is 6.70. The van der Waals surface area contributed by atoms with Gasteiger partial charge in [-0.25, -0.2) is 0 Å². The molecule has 6 heteroatoms. The van der Waals surface area contributed by atoms with Crippen molar-refractivity contribution >= 4 is 18.1 Å². The van der Waals surface area contributed by atoms with E-state index in [0.29, 0.717) is 5.92 Å². The molecule has 1 aliphatic rings. The first kappa shape index (κ1) is 16.9. The van der Waals surface area contributed by atoms with Crippen LogP contribution >= 0.6 is 12.4 Å². The van der Waals surface area contributed by atoms with Gasteiger partial charge in [0.05, 0.1) is 4.92 Å². The van der Waals surface area contributed by atoms with Crippen molar-refractivity contribution in [3.63, 3.8) is 0 Å². The van der Waals surface area contributed by atoms with Crippen molar-refractivity contribution in [2.24, 2.45) is 11.7 Å². The Morgan fingerprint density at radius 3 is 2.80 bits per heavy atom. The van der Waals surface area contributed by atoms with Crippen molar-refractivity contribution in [3.05, 3.63) is 39.4 Å². The summed E-state index contributed by atoms with van der Waals surface area (Å²) in [4.78, 5) is 13.0. The molecule has 2 N–H and O–H groups in total. The van der Waals surface area contributed by atoms with Crippen molar-refractivity contribution < 1.29 is 4.92 Å². The van der Waals surface area contributed by atoms with E-state index in [2.05, 4.69) is 11.8 Å². The van der Waals surface area contributed by atoms with Gasteiger partial charge >= 0.3 is 0 Å². The quantitative estimate of drug-likeness (QED) is 0.687. The van der Waals surface area contributed by atoms with Gasteiger partial charge in [0.25, 0.3) is 5.69 Å². The topological polar surface area (TPSA) is 72.4 Å². The first-order valence-corrected chi connectivity index (χ1v) is 6.70. The lowest BCUT2D eigenvalue weighted by molar-refractivity contribution is -0.385. The van der Waals surface area contributed by atoms with E-state index in [1.165, 1.54) is 0 Å². The molecule has 1 saturated heterocycles. The molecule has 1 heterocycles. The van der Waals surface area contributed by atoms with Crippen LogP contribution in [0.1, 0.15) is 24.5 Å². The molecule has 112 valence electrons. The third kappa shape index (κ3) is 3.69. The van der Waals surface area contributed by atoms with Crippen LogP contribution in [0.2, 0.25) is 0 Å². The third-order valence-electron chi connectivity index (χ3n) is 4.06. The Kier molecular flexibility index (Phi) is 5.92. The Labute approximate surface area is 125 Å². The van der Waals surface area contributed by atoms with Crippen molar-refractivity contribution in [2.45, 2.75) is 32.9 Å². The van der Waals surface area contributed by atoms with Crippen LogP contribution in [0.25, 0.3) is 0 Å². The van der Waals surface area contributed by atoms with Gasteiger partial charge in [-0.3, -0.25) is 15.0 Å². The molecule has 0 aromatic heterocycles. The minimum atomic E-state index is -0.312. The van der Waals surface area contributed by atoms with Crippen LogP contribution in [0.5, 0.6) is 0 Å². The summed E-state index contributed by atoms with van der Waals surface area (Å²) in [5, 5.41) is 10.9. The van der Waals surface area contributed by atoms with Gasteiger partial charge in [-0.05, 0) is 31.4 Å². The number of nitrogens with zero attached hydrogens (tertiary/aromatic N) is 2. The molecule has 2 rings (SSSR count). The Bertz CT molecular complexity index is 481. The van der Waals surface area contributed by atoms with E-state index in [1.54, 1.807) is 12.1 Å². The Morgan fingerprint density at radius 2 is 2.20 bits per heavy atom. The van der Waals surface area contributed by atoms with Crippen LogP contribution in [-0.4, -0.2) is 29.0 Å². The number of benzene rings is 1. The maximum atomic E-state index is 10.9. The molecule has 20 heavy (non-hydrogen) atoms. The van der Waals surface area contributed by atoms with E-state index in [9.17, 15) is 10.1 Å². The molecule has 2 unspecified atom stereocenters. The number of rotatable bonds is 3. The number of likely N-dealkylation sites (tertiary alicyclic amines) is 1. The second-order valence-corrected chi connectivity index (χ2v) is 5.48. The van der Waals surface area contributed by atoms with Gasteiger partial charge in [0.2, 0.25) is 0 Å². The van der Waals surface area contributed by atoms with Crippen LogP contribution in [0.3, 0.4) is 0 Å². The molecule has 1 aromatic carbocycles. The second kappa shape index (κ2) is 7.02. The molecule has 0 aliphatic carbocycles. The zero-order chi connectivity index (χ0) is 14.0. The third-order valence-corrected chi connectivity index (χ3v) is 4.06. The van der Waals surface area contributed by atoms with Gasteiger partial charge in [-0.15, -0.1) is 12.4 Å². The second-order valence-electron chi connectivity index (χ2n) is 5.48. The minimum Gasteiger partial charge on any atom is -0.327 e. The average Bonchev–Trinajstić information content (AvgIpc) is 2.36. The van der Waals surface area contributed by atoms with Gasteiger partial charge in [0.15, 0.2) is 0 Å². The fraction of sp³-hybridized carbons (Fsp3) is 0.571. The van der Waals surface area contributed by atoms with Crippen LogP contribution in [0.4, 0.5) is 5.69 Å². The highest BCUT2D eigenvalue weighted by Gasteiger charge is 2.24. The van der Waals surface area contributed by atoms with Crippen molar-refractivity contribution in [1.29, 1.82) is 0 Å². The minimum absolute atomic E-state index is 0. The lowest BCUT2D eigenvalue weighted by Crippen LogP contribution is -2.45. The van der Waals surface area contributed by atoms with Gasteiger partial charge in [-0.2, -0.15) is 0 Å². The molecular weight excluding hydrogens is 278 g/mol. The number of halogens is 1. The highest BCUT2D eigenvalue weighted by molar-refractivity contribution is 5.85. The fourth-order valence-electron chi connectivity index (χ4n) is 2.67. The molecule has 0 bridgehead atoms. The average molecular weight is 300 g/mol. The highest BCUT2D eigenvalue weighted by Crippen LogP contribution is 2.24. The molecule has 2 atom stereocenters. The smallest absolute Gasteiger partial charge is 0.272 e. The lowest BCUT2D eigenvalue weighted by Gasteiger charge is -2.35. The number of hydrogen-bond donors (Lipinski definition) is 1. The van der Waals surface area contributed by atoms with Crippen LogP contribution in [0.15, 0.2) is 18.2 Å². The Hall–Kier alpha value is -1.17. The van der Waals surface area contributed by atoms with Crippen LogP contribution < -0.4 is 5.73 Å². The van der Waals surface area contributed by atoms with E-state index >= 15 is 0 Å². The summed E-state index contributed by atoms with van der Waals surface area (Å²) in [6.45, 7) is 6.69. The van der Waals surface area contributed by atoms with E-state index in [0.717, 1.165) is 37.2 Å². The number of hydrogen-bond acceptors (Lipinski definition) is 4. The normalized spacial score (nSPS) is 23.1. The maximum absolute atomic E-state index is 10.9. The zero-order valence-corrected chi connectivity index (χ0v) is 12.7. The van der Waals surface area contributed by atoms with E-state index in [-0.39, 0.29) is 29.1 Å². The molecule has 0 amide bonds. The number of nitro benzene ring substituents is 1. The van der Waals surface area contributed by atoms with Gasteiger partial charge in [0.1, 0.15) is 0 Å². The molecule has 1 fully saturated rings. The molecule has 1 aliphatic heterocycles. The van der Waals surface area contributed by atoms with Crippen LogP contribution in [0, 0.1) is 23.0 Å². The number of piperidine rings is 1. The summed E-state index contributed by atoms with van der Waals surface area (Å²) in [5.74, 6) is 0.479. The number of nitro groups is 1. The van der Waals surface area contributed by atoms with Crippen LogP contribution in [-0.2, 0) is 6.54 Å². The zero-order valence-electron chi connectivity index (χ0n) is 11.9. The summed E-state index contributed by atoms with van der Waals surface area (Å²) in [5.41, 5.74) is 8.03. The molecule has 0 spiro atoms. The van der Waals surface area contributed by atoms with Gasteiger partial charge in [0, 0.05) is 30.8 Å². The van der Waals surface area contributed by atoms with E-state index in [1.807, 2.05) is 13.0 Å². The molecule has 1 aromatic rings. The lowest BCUT2D eigenvalue weighted by atomic mass is 9.94. The number of nitrogens with two attached hydrogens (primary N) is 1. The largest absolute Gasteiger partial charge is 0.327 e. The molecule has 5 nitrogen and oxygen atoms in total. The summed E-state index contributed by atoms with van der Waals surface area (Å²) >= 11 is 0. The summed E-state index contributed by atoms with van der Waals surface area (Å²) in [6, 6.07) is 5.58. The summed E-state index contributed by atoms with van der Waals surface area (Å²) in [6.07, 6.45) is 0.995.